The van der Waals surface area contributed by atoms with Crippen LogP contribution in [-0.4, -0.2) is 31.0 Å². The molecule has 1 aliphatic rings. The van der Waals surface area contributed by atoms with Crippen molar-refractivity contribution < 1.29 is 9.53 Å². The molecule has 3 aromatic rings. The van der Waals surface area contributed by atoms with E-state index in [1.807, 2.05) is 24.3 Å². The summed E-state index contributed by atoms with van der Waals surface area (Å²) in [5, 5.41) is 3.12. The Bertz CT molecular complexity index is 1050. The Labute approximate surface area is 191 Å². The van der Waals surface area contributed by atoms with Gasteiger partial charge < -0.3 is 10.1 Å². The van der Waals surface area contributed by atoms with E-state index in [0.29, 0.717) is 6.54 Å². The van der Waals surface area contributed by atoms with Gasteiger partial charge in [0.15, 0.2) is 0 Å². The number of ether oxygens (including phenoxy) is 1. The molecular weight excluding hydrogens is 396 g/mol. The van der Waals surface area contributed by atoms with Crippen LogP contribution in [0.1, 0.15) is 29.5 Å². The first-order valence-electron chi connectivity index (χ1n) is 11.4. The van der Waals surface area contributed by atoms with Gasteiger partial charge >= 0.3 is 0 Å². The number of likely N-dealkylation sites (tertiary alicyclic amines) is 1. The fraction of sp³-hybridized carbons (Fsp3) is 0.321. The molecule has 0 spiro atoms. The third kappa shape index (κ3) is 5.77. The van der Waals surface area contributed by atoms with E-state index in [9.17, 15) is 4.79 Å². The van der Waals surface area contributed by atoms with Crippen molar-refractivity contribution in [2.45, 2.75) is 32.9 Å². The third-order valence-corrected chi connectivity index (χ3v) is 6.19. The van der Waals surface area contributed by atoms with E-state index in [2.05, 4.69) is 65.7 Å². The van der Waals surface area contributed by atoms with Crippen molar-refractivity contribution in [3.8, 4) is 16.9 Å². The largest absolute Gasteiger partial charge is 0.497 e. The molecule has 1 aliphatic heterocycles. The molecule has 4 rings (SSSR count). The van der Waals surface area contributed by atoms with Crippen molar-refractivity contribution in [2.24, 2.45) is 5.92 Å². The highest BCUT2D eigenvalue weighted by molar-refractivity contribution is 5.79. The number of nitrogens with zero attached hydrogens (tertiary/aromatic N) is 1. The third-order valence-electron chi connectivity index (χ3n) is 6.19. The zero-order chi connectivity index (χ0) is 22.3. The molecule has 1 saturated heterocycles. The molecule has 0 aliphatic carbocycles. The molecule has 1 unspecified atom stereocenters. The van der Waals surface area contributed by atoms with Gasteiger partial charge in [0.1, 0.15) is 5.75 Å². The van der Waals surface area contributed by atoms with E-state index < -0.39 is 0 Å². The predicted octanol–water partition coefficient (Wildman–Crippen LogP) is 5.20. The van der Waals surface area contributed by atoms with E-state index in [1.165, 1.54) is 22.3 Å². The van der Waals surface area contributed by atoms with Crippen LogP contribution < -0.4 is 10.1 Å². The average molecular weight is 429 g/mol. The molecule has 1 amide bonds. The van der Waals surface area contributed by atoms with Crippen molar-refractivity contribution >= 4 is 5.91 Å². The number of amides is 1. The number of piperidine rings is 1. The van der Waals surface area contributed by atoms with Crippen molar-refractivity contribution in [3.05, 3.63) is 89.5 Å². The smallest absolute Gasteiger partial charge is 0.224 e. The summed E-state index contributed by atoms with van der Waals surface area (Å²) in [6, 6.07) is 25.2. The van der Waals surface area contributed by atoms with Gasteiger partial charge in [0, 0.05) is 19.6 Å². The number of hydrogen-bond acceptors (Lipinski definition) is 3. The number of methoxy groups -OCH3 is 1. The lowest BCUT2D eigenvalue weighted by molar-refractivity contribution is -0.126. The van der Waals surface area contributed by atoms with Crippen LogP contribution in [0.15, 0.2) is 72.8 Å². The first-order chi connectivity index (χ1) is 15.6. The summed E-state index contributed by atoms with van der Waals surface area (Å²) in [6.45, 7) is 5.40. The molecule has 0 saturated carbocycles. The topological polar surface area (TPSA) is 41.6 Å². The van der Waals surface area contributed by atoms with Crippen molar-refractivity contribution in [1.82, 2.24) is 10.2 Å². The number of carbonyl (C=O) groups is 1. The average Bonchev–Trinajstić information content (AvgIpc) is 2.83. The molecule has 1 fully saturated rings. The monoisotopic (exact) mass is 428 g/mol. The first-order valence-corrected chi connectivity index (χ1v) is 11.4. The van der Waals surface area contributed by atoms with Gasteiger partial charge in [-0.25, -0.2) is 0 Å². The summed E-state index contributed by atoms with van der Waals surface area (Å²) in [7, 11) is 1.66. The van der Waals surface area contributed by atoms with Gasteiger partial charge in [0.25, 0.3) is 0 Å². The Balaban J connectivity index is 1.33. The van der Waals surface area contributed by atoms with Crippen LogP contribution in [0.2, 0.25) is 0 Å². The highest BCUT2D eigenvalue weighted by atomic mass is 16.5. The summed E-state index contributed by atoms with van der Waals surface area (Å²) in [4.78, 5) is 15.2. The van der Waals surface area contributed by atoms with Gasteiger partial charge in [-0.15, -0.1) is 0 Å². The zero-order valence-corrected chi connectivity index (χ0v) is 19.0. The standard InChI is InChI=1S/C28H32N2O2/c1-21-6-3-8-24(16-21)25-9-4-7-23(17-25)19-30-15-5-10-26(20-30)28(31)29-18-22-11-13-27(32-2)14-12-22/h3-4,6-9,11-14,16-17,26H,5,10,15,18-20H2,1-2H3,(H,29,31). The fourth-order valence-electron chi connectivity index (χ4n) is 4.42. The van der Waals surface area contributed by atoms with Crippen LogP contribution in [0.25, 0.3) is 11.1 Å². The summed E-state index contributed by atoms with van der Waals surface area (Å²) >= 11 is 0. The zero-order valence-electron chi connectivity index (χ0n) is 19.0. The van der Waals surface area contributed by atoms with Crippen LogP contribution in [0.5, 0.6) is 5.75 Å². The predicted molar refractivity (Wildman–Crippen MR) is 129 cm³/mol. The quantitative estimate of drug-likeness (QED) is 0.562. The molecule has 32 heavy (non-hydrogen) atoms. The van der Waals surface area contributed by atoms with E-state index in [4.69, 9.17) is 4.74 Å². The fourth-order valence-corrected chi connectivity index (χ4v) is 4.42. The molecule has 0 radical (unpaired) electrons. The number of rotatable bonds is 7. The van der Waals surface area contributed by atoms with E-state index in [-0.39, 0.29) is 11.8 Å². The molecular formula is C28H32N2O2. The number of hydrogen-bond donors (Lipinski definition) is 1. The Morgan fingerprint density at radius 1 is 1.00 bits per heavy atom. The molecule has 0 aromatic heterocycles. The summed E-state index contributed by atoms with van der Waals surface area (Å²) < 4.78 is 5.20. The van der Waals surface area contributed by atoms with Gasteiger partial charge in [0.05, 0.1) is 13.0 Å². The van der Waals surface area contributed by atoms with Gasteiger partial charge in [-0.05, 0) is 66.8 Å². The van der Waals surface area contributed by atoms with Crippen LogP contribution in [-0.2, 0) is 17.9 Å². The minimum absolute atomic E-state index is 0.0435. The molecule has 3 aromatic carbocycles. The summed E-state index contributed by atoms with van der Waals surface area (Å²) in [5.41, 5.74) is 6.15. The van der Waals surface area contributed by atoms with Gasteiger partial charge in [0.2, 0.25) is 5.91 Å². The van der Waals surface area contributed by atoms with Crippen LogP contribution in [0, 0.1) is 12.8 Å². The maximum atomic E-state index is 12.8. The van der Waals surface area contributed by atoms with Crippen LogP contribution in [0.4, 0.5) is 0 Å². The van der Waals surface area contributed by atoms with Gasteiger partial charge in [-0.1, -0.05) is 60.2 Å². The second kappa shape index (κ2) is 10.5. The van der Waals surface area contributed by atoms with E-state index in [0.717, 1.165) is 43.8 Å². The van der Waals surface area contributed by atoms with E-state index in [1.54, 1.807) is 7.11 Å². The Kier molecular flexibility index (Phi) is 7.23. The maximum Gasteiger partial charge on any atom is 0.224 e. The second-order valence-electron chi connectivity index (χ2n) is 8.71. The molecule has 166 valence electrons. The Morgan fingerprint density at radius 3 is 2.50 bits per heavy atom. The molecule has 4 heteroatoms. The summed E-state index contributed by atoms with van der Waals surface area (Å²) in [6.07, 6.45) is 2.01. The minimum Gasteiger partial charge on any atom is -0.497 e. The number of aryl methyl sites for hydroxylation is 1. The highest BCUT2D eigenvalue weighted by Crippen LogP contribution is 2.24. The molecule has 1 atom stereocenters. The lowest BCUT2D eigenvalue weighted by Crippen LogP contribution is -2.42. The molecule has 0 bridgehead atoms. The van der Waals surface area contributed by atoms with Crippen LogP contribution >= 0.6 is 0 Å². The first kappa shape index (κ1) is 22.1. The van der Waals surface area contributed by atoms with E-state index >= 15 is 0 Å². The number of benzene rings is 3. The Hall–Kier alpha value is -3.11. The maximum absolute atomic E-state index is 12.8. The van der Waals surface area contributed by atoms with Crippen molar-refractivity contribution in [2.75, 3.05) is 20.2 Å². The van der Waals surface area contributed by atoms with Crippen molar-refractivity contribution in [3.63, 3.8) is 0 Å². The normalized spacial score (nSPS) is 16.5. The summed E-state index contributed by atoms with van der Waals surface area (Å²) in [5.74, 6) is 1.02. The number of carbonyl (C=O) groups excluding carboxylic acids is 1. The highest BCUT2D eigenvalue weighted by Gasteiger charge is 2.25. The van der Waals surface area contributed by atoms with Crippen molar-refractivity contribution in [1.29, 1.82) is 0 Å². The minimum atomic E-state index is 0.0435. The lowest BCUT2D eigenvalue weighted by Gasteiger charge is -2.32. The molecule has 1 N–H and O–H groups in total. The molecule has 4 nitrogen and oxygen atoms in total. The SMILES string of the molecule is COc1ccc(CNC(=O)C2CCCN(Cc3cccc(-c4cccc(C)c4)c3)C2)cc1. The number of nitrogens with one attached hydrogen (secondary N) is 1. The Morgan fingerprint density at radius 2 is 1.75 bits per heavy atom. The molecule has 1 heterocycles. The van der Waals surface area contributed by atoms with Gasteiger partial charge in [-0.3, -0.25) is 9.69 Å². The second-order valence-corrected chi connectivity index (χ2v) is 8.71. The van der Waals surface area contributed by atoms with Crippen LogP contribution in [0.3, 0.4) is 0 Å². The lowest BCUT2D eigenvalue weighted by atomic mass is 9.96. The van der Waals surface area contributed by atoms with Gasteiger partial charge in [-0.2, -0.15) is 0 Å².